The van der Waals surface area contributed by atoms with Crippen LogP contribution in [0.1, 0.15) is 6.23 Å². The average molecular weight is 228 g/mol. The smallest absolute Gasteiger partial charge is 0.330 e. The highest BCUT2D eigenvalue weighted by Crippen LogP contribution is 2.26. The van der Waals surface area contributed by atoms with E-state index in [0.717, 1.165) is 16.7 Å². The molecule has 1 aliphatic heterocycles. The third-order valence-corrected chi connectivity index (χ3v) is 2.20. The summed E-state index contributed by atoms with van der Waals surface area (Å²) in [4.78, 5) is 24.2. The summed E-state index contributed by atoms with van der Waals surface area (Å²) in [5.74, 6) is -0.634. The molecule has 0 fully saturated rings. The normalized spacial score (nSPS) is 24.5. The highest BCUT2D eigenvalue weighted by Gasteiger charge is 2.28. The predicted octanol–water partition coefficient (Wildman–Crippen LogP) is -0.720. The van der Waals surface area contributed by atoms with E-state index < -0.39 is 36.0 Å². The van der Waals surface area contributed by atoms with Crippen LogP contribution >= 0.6 is 0 Å². The zero-order valence-electron chi connectivity index (χ0n) is 8.09. The van der Waals surface area contributed by atoms with E-state index in [4.69, 9.17) is 9.84 Å². The standard InChI is InChI=1S/C9H9FN2O4/c10-5-3-8(16-6(5)4-13)12-2-1-7(14)11-9(12)15/h1-3,6,8,13H,4H2,(H,11,14,15)/t6?,8-/m1/s1. The zero-order valence-corrected chi connectivity index (χ0v) is 8.09. The van der Waals surface area contributed by atoms with Crippen LogP contribution in [0.15, 0.2) is 33.8 Å². The number of H-pyrrole nitrogens is 1. The number of aromatic nitrogens is 2. The molecule has 0 amide bonds. The molecule has 0 radical (unpaired) electrons. The molecule has 0 bridgehead atoms. The van der Waals surface area contributed by atoms with E-state index in [0.29, 0.717) is 0 Å². The van der Waals surface area contributed by atoms with Gasteiger partial charge >= 0.3 is 5.69 Å². The summed E-state index contributed by atoms with van der Waals surface area (Å²) in [5.41, 5.74) is -1.23. The SMILES string of the molecule is O=c1ccn([C@H]2C=C(F)C(CO)O2)c(=O)[nH]1. The van der Waals surface area contributed by atoms with Gasteiger partial charge in [0.1, 0.15) is 11.9 Å². The van der Waals surface area contributed by atoms with Crippen LogP contribution in [0.2, 0.25) is 0 Å². The van der Waals surface area contributed by atoms with Gasteiger partial charge in [0.2, 0.25) is 0 Å². The van der Waals surface area contributed by atoms with Crippen LogP contribution in [0.3, 0.4) is 0 Å². The summed E-state index contributed by atoms with van der Waals surface area (Å²) in [6.45, 7) is -0.503. The second-order valence-electron chi connectivity index (χ2n) is 3.27. The van der Waals surface area contributed by atoms with Crippen LogP contribution in [0.5, 0.6) is 0 Å². The Bertz CT molecular complexity index is 533. The molecule has 0 aromatic carbocycles. The summed E-state index contributed by atoms with van der Waals surface area (Å²) in [5, 5.41) is 8.76. The van der Waals surface area contributed by atoms with Crippen molar-refractivity contribution in [2.24, 2.45) is 0 Å². The van der Waals surface area contributed by atoms with E-state index in [2.05, 4.69) is 0 Å². The number of nitrogens with zero attached hydrogens (tertiary/aromatic N) is 1. The van der Waals surface area contributed by atoms with E-state index in [9.17, 15) is 14.0 Å². The molecule has 6 nitrogen and oxygen atoms in total. The van der Waals surface area contributed by atoms with Crippen LogP contribution < -0.4 is 11.2 Å². The van der Waals surface area contributed by atoms with Crippen molar-refractivity contribution in [3.63, 3.8) is 0 Å². The van der Waals surface area contributed by atoms with Gasteiger partial charge in [-0.1, -0.05) is 0 Å². The minimum absolute atomic E-state index is 0.503. The zero-order chi connectivity index (χ0) is 11.7. The van der Waals surface area contributed by atoms with E-state index >= 15 is 0 Å². The lowest BCUT2D eigenvalue weighted by molar-refractivity contribution is -0.0199. The maximum atomic E-state index is 13.1. The Morgan fingerprint density at radius 2 is 2.31 bits per heavy atom. The monoisotopic (exact) mass is 228 g/mol. The van der Waals surface area contributed by atoms with Gasteiger partial charge in [0, 0.05) is 12.3 Å². The van der Waals surface area contributed by atoms with Gasteiger partial charge in [0.05, 0.1) is 6.61 Å². The Hall–Kier alpha value is -1.73. The largest absolute Gasteiger partial charge is 0.393 e. The number of hydrogen-bond donors (Lipinski definition) is 2. The van der Waals surface area contributed by atoms with Crippen molar-refractivity contribution >= 4 is 0 Å². The Labute approximate surface area is 88.6 Å². The van der Waals surface area contributed by atoms with Gasteiger partial charge in [-0.15, -0.1) is 0 Å². The maximum Gasteiger partial charge on any atom is 0.330 e. The Morgan fingerprint density at radius 1 is 1.56 bits per heavy atom. The number of halogens is 1. The van der Waals surface area contributed by atoms with Gasteiger partial charge in [-0.05, 0) is 6.08 Å². The third-order valence-electron chi connectivity index (χ3n) is 2.20. The van der Waals surface area contributed by atoms with Gasteiger partial charge in [-0.3, -0.25) is 14.3 Å². The number of ether oxygens (including phenoxy) is 1. The molecule has 0 saturated heterocycles. The molecule has 1 aromatic rings. The average Bonchev–Trinajstić information content (AvgIpc) is 2.59. The molecule has 7 heteroatoms. The third kappa shape index (κ3) is 1.82. The summed E-state index contributed by atoms with van der Waals surface area (Å²) in [6.07, 6.45) is 0.279. The van der Waals surface area contributed by atoms with Crippen LogP contribution in [0, 0.1) is 0 Å². The minimum Gasteiger partial charge on any atom is -0.393 e. The number of nitrogens with one attached hydrogen (secondary N) is 1. The second kappa shape index (κ2) is 4.03. The van der Waals surface area contributed by atoms with E-state index in [1.54, 1.807) is 0 Å². The summed E-state index contributed by atoms with van der Waals surface area (Å²) >= 11 is 0. The van der Waals surface area contributed by atoms with Crippen LogP contribution in [0.4, 0.5) is 4.39 Å². The number of aromatic amines is 1. The fourth-order valence-electron chi connectivity index (χ4n) is 1.42. The maximum absolute atomic E-state index is 13.1. The lowest BCUT2D eigenvalue weighted by Crippen LogP contribution is -2.31. The fraction of sp³-hybridized carbons (Fsp3) is 0.333. The van der Waals surface area contributed by atoms with Gasteiger partial charge in [0.25, 0.3) is 5.56 Å². The number of hydrogen-bond acceptors (Lipinski definition) is 4. The Kier molecular flexibility index (Phi) is 2.71. The quantitative estimate of drug-likeness (QED) is 0.699. The molecule has 0 aliphatic carbocycles. The first-order chi connectivity index (χ1) is 7.61. The number of aliphatic hydroxyl groups excluding tert-OH is 1. The fourth-order valence-corrected chi connectivity index (χ4v) is 1.42. The van der Waals surface area contributed by atoms with E-state index in [1.165, 1.54) is 6.20 Å². The lowest BCUT2D eigenvalue weighted by atomic mass is 10.3. The molecule has 16 heavy (non-hydrogen) atoms. The first-order valence-electron chi connectivity index (χ1n) is 4.57. The molecular weight excluding hydrogens is 219 g/mol. The lowest BCUT2D eigenvalue weighted by Gasteiger charge is -2.13. The Morgan fingerprint density at radius 3 is 2.88 bits per heavy atom. The number of rotatable bonds is 2. The molecule has 2 N–H and O–H groups in total. The van der Waals surface area contributed by atoms with E-state index in [1.807, 2.05) is 4.98 Å². The molecule has 1 unspecified atom stereocenters. The molecule has 86 valence electrons. The van der Waals surface area contributed by atoms with Crippen LogP contribution in [0.25, 0.3) is 0 Å². The van der Waals surface area contributed by atoms with Crippen molar-refractivity contribution in [3.8, 4) is 0 Å². The van der Waals surface area contributed by atoms with Crippen molar-refractivity contribution in [2.75, 3.05) is 6.61 Å². The summed E-state index contributed by atoms with van der Waals surface area (Å²) in [7, 11) is 0. The van der Waals surface area contributed by atoms with Crippen LogP contribution in [-0.4, -0.2) is 27.4 Å². The molecule has 0 saturated carbocycles. The molecule has 2 atom stereocenters. The molecule has 2 rings (SSSR count). The van der Waals surface area contributed by atoms with Crippen molar-refractivity contribution in [1.82, 2.24) is 9.55 Å². The van der Waals surface area contributed by atoms with Gasteiger partial charge in [-0.2, -0.15) is 0 Å². The molecule has 2 heterocycles. The van der Waals surface area contributed by atoms with Crippen molar-refractivity contribution in [1.29, 1.82) is 0 Å². The highest BCUT2D eigenvalue weighted by atomic mass is 19.1. The Balaban J connectivity index is 2.34. The molecular formula is C9H9FN2O4. The van der Waals surface area contributed by atoms with Gasteiger partial charge < -0.3 is 9.84 Å². The first-order valence-corrected chi connectivity index (χ1v) is 4.57. The van der Waals surface area contributed by atoms with Gasteiger partial charge in [0.15, 0.2) is 6.23 Å². The number of aliphatic hydroxyl groups is 1. The van der Waals surface area contributed by atoms with Crippen molar-refractivity contribution in [3.05, 3.63) is 45.0 Å². The second-order valence-corrected chi connectivity index (χ2v) is 3.27. The predicted molar refractivity (Wildman–Crippen MR) is 51.5 cm³/mol. The van der Waals surface area contributed by atoms with Crippen LogP contribution in [-0.2, 0) is 4.74 Å². The molecule has 0 spiro atoms. The highest BCUT2D eigenvalue weighted by molar-refractivity contribution is 5.08. The molecule has 1 aromatic heterocycles. The van der Waals surface area contributed by atoms with Crippen molar-refractivity contribution in [2.45, 2.75) is 12.3 Å². The van der Waals surface area contributed by atoms with Gasteiger partial charge in [-0.25, -0.2) is 9.18 Å². The summed E-state index contributed by atoms with van der Waals surface area (Å²) < 4.78 is 19.2. The topological polar surface area (TPSA) is 84.3 Å². The first kappa shape index (κ1) is 10.8. The van der Waals surface area contributed by atoms with Crippen molar-refractivity contribution < 1.29 is 14.2 Å². The molecule has 1 aliphatic rings. The minimum atomic E-state index is -1.05. The van der Waals surface area contributed by atoms with E-state index in [-0.39, 0.29) is 0 Å². The summed E-state index contributed by atoms with van der Waals surface area (Å²) in [6, 6.07) is 1.13.